The van der Waals surface area contributed by atoms with Gasteiger partial charge in [0.25, 0.3) is 5.91 Å². The van der Waals surface area contributed by atoms with Gasteiger partial charge in [0.1, 0.15) is 0 Å². The van der Waals surface area contributed by atoms with Gasteiger partial charge in [0, 0.05) is 38.7 Å². The van der Waals surface area contributed by atoms with E-state index in [9.17, 15) is 19.1 Å². The highest BCUT2D eigenvalue weighted by molar-refractivity contribution is 5.94. The standard InChI is InChI=1S/C19H25FN2O4/c1-13(23)22-11-15(24)10-19(12-22)5-7-21(8-6-19)18(25)14-3-4-16(20)17(9-14)26-2/h3-4,9,15,24H,5-8,10-12H2,1-2H3. The van der Waals surface area contributed by atoms with Crippen molar-refractivity contribution in [2.75, 3.05) is 33.3 Å². The molecule has 1 spiro atoms. The monoisotopic (exact) mass is 364 g/mol. The third-order valence-corrected chi connectivity index (χ3v) is 5.58. The number of likely N-dealkylation sites (tertiary alicyclic amines) is 2. The molecule has 6 nitrogen and oxygen atoms in total. The Bertz CT molecular complexity index is 701. The summed E-state index contributed by atoms with van der Waals surface area (Å²) >= 11 is 0. The van der Waals surface area contributed by atoms with E-state index in [2.05, 4.69) is 0 Å². The average Bonchev–Trinajstić information content (AvgIpc) is 2.61. The molecule has 1 atom stereocenters. The van der Waals surface area contributed by atoms with Crippen LogP contribution in [0.4, 0.5) is 4.39 Å². The van der Waals surface area contributed by atoms with Crippen LogP contribution in [0.1, 0.15) is 36.5 Å². The largest absolute Gasteiger partial charge is 0.494 e. The van der Waals surface area contributed by atoms with Gasteiger partial charge in [-0.3, -0.25) is 9.59 Å². The Kier molecular flexibility index (Phi) is 5.18. The lowest BCUT2D eigenvalue weighted by atomic mass is 9.71. The summed E-state index contributed by atoms with van der Waals surface area (Å²) in [6.45, 7) is 3.64. The molecule has 1 aromatic rings. The quantitative estimate of drug-likeness (QED) is 0.867. The Morgan fingerprint density at radius 1 is 1.27 bits per heavy atom. The van der Waals surface area contributed by atoms with Gasteiger partial charge in [-0.15, -0.1) is 0 Å². The molecule has 142 valence electrons. The van der Waals surface area contributed by atoms with Gasteiger partial charge in [-0.2, -0.15) is 0 Å². The molecule has 0 radical (unpaired) electrons. The maximum absolute atomic E-state index is 13.5. The van der Waals surface area contributed by atoms with Gasteiger partial charge in [-0.05, 0) is 42.9 Å². The zero-order chi connectivity index (χ0) is 18.9. The Balaban J connectivity index is 1.68. The van der Waals surface area contributed by atoms with Crippen LogP contribution in [-0.4, -0.2) is 66.1 Å². The molecule has 1 aromatic carbocycles. The second kappa shape index (κ2) is 7.23. The first-order chi connectivity index (χ1) is 12.3. The molecule has 0 bridgehead atoms. The molecule has 26 heavy (non-hydrogen) atoms. The SMILES string of the molecule is COc1cc(C(=O)N2CCC3(CC2)CC(O)CN(C(C)=O)C3)ccc1F. The minimum absolute atomic E-state index is 0.0277. The van der Waals surface area contributed by atoms with E-state index in [1.165, 1.54) is 32.2 Å². The van der Waals surface area contributed by atoms with Crippen LogP contribution in [0, 0.1) is 11.2 Å². The van der Waals surface area contributed by atoms with E-state index in [0.29, 0.717) is 38.2 Å². The molecule has 2 aliphatic heterocycles. The molecule has 2 saturated heterocycles. The number of amides is 2. The fraction of sp³-hybridized carbons (Fsp3) is 0.579. The van der Waals surface area contributed by atoms with E-state index in [-0.39, 0.29) is 23.0 Å². The van der Waals surface area contributed by atoms with Crippen LogP contribution in [0.2, 0.25) is 0 Å². The number of aliphatic hydroxyl groups is 1. The lowest BCUT2D eigenvalue weighted by Gasteiger charge is -2.49. The van der Waals surface area contributed by atoms with Crippen molar-refractivity contribution in [1.82, 2.24) is 9.80 Å². The minimum atomic E-state index is -0.517. The van der Waals surface area contributed by atoms with Gasteiger partial charge in [0.05, 0.1) is 13.2 Å². The second-order valence-corrected chi connectivity index (χ2v) is 7.40. The van der Waals surface area contributed by atoms with Crippen LogP contribution < -0.4 is 4.74 Å². The highest BCUT2D eigenvalue weighted by Gasteiger charge is 2.43. The van der Waals surface area contributed by atoms with Gasteiger partial charge in [0.15, 0.2) is 11.6 Å². The van der Waals surface area contributed by atoms with Gasteiger partial charge in [0.2, 0.25) is 5.91 Å². The van der Waals surface area contributed by atoms with Crippen molar-refractivity contribution in [2.24, 2.45) is 5.41 Å². The molecule has 3 rings (SSSR count). The van der Waals surface area contributed by atoms with Crippen molar-refractivity contribution in [1.29, 1.82) is 0 Å². The van der Waals surface area contributed by atoms with Crippen molar-refractivity contribution >= 4 is 11.8 Å². The van der Waals surface area contributed by atoms with Crippen LogP contribution in [0.5, 0.6) is 5.75 Å². The number of hydrogen-bond donors (Lipinski definition) is 1. The van der Waals surface area contributed by atoms with Gasteiger partial charge >= 0.3 is 0 Å². The molecule has 2 amide bonds. The smallest absolute Gasteiger partial charge is 0.253 e. The number of piperidine rings is 2. The molecule has 2 aliphatic rings. The number of carbonyl (C=O) groups is 2. The summed E-state index contributed by atoms with van der Waals surface area (Å²) in [5.74, 6) is -0.628. The highest BCUT2D eigenvalue weighted by Crippen LogP contribution is 2.40. The van der Waals surface area contributed by atoms with E-state index < -0.39 is 11.9 Å². The number of carbonyl (C=O) groups excluding carboxylic acids is 2. The lowest BCUT2D eigenvalue weighted by molar-refractivity contribution is -0.137. The number of β-amino-alcohol motifs (C(OH)–C–C–N with tert-alkyl or cyclic N) is 1. The van der Waals surface area contributed by atoms with Crippen LogP contribution in [-0.2, 0) is 4.79 Å². The molecule has 1 unspecified atom stereocenters. The number of benzene rings is 1. The number of nitrogens with zero attached hydrogens (tertiary/aromatic N) is 2. The molecule has 7 heteroatoms. The fourth-order valence-corrected chi connectivity index (χ4v) is 4.11. The maximum Gasteiger partial charge on any atom is 0.253 e. The summed E-state index contributed by atoms with van der Waals surface area (Å²) in [4.78, 5) is 27.9. The molecular formula is C19H25FN2O4. The number of ether oxygens (including phenoxy) is 1. The number of halogens is 1. The number of aliphatic hydroxyl groups excluding tert-OH is 1. The Morgan fingerprint density at radius 2 is 1.96 bits per heavy atom. The van der Waals surface area contributed by atoms with Crippen molar-refractivity contribution in [2.45, 2.75) is 32.3 Å². The third-order valence-electron chi connectivity index (χ3n) is 5.58. The van der Waals surface area contributed by atoms with Crippen molar-refractivity contribution in [3.63, 3.8) is 0 Å². The van der Waals surface area contributed by atoms with E-state index in [1.807, 2.05) is 0 Å². The predicted molar refractivity (Wildman–Crippen MR) is 93.4 cm³/mol. The Morgan fingerprint density at radius 3 is 2.58 bits per heavy atom. The Labute approximate surface area is 152 Å². The second-order valence-electron chi connectivity index (χ2n) is 7.40. The normalized spacial score (nSPS) is 22.4. The first-order valence-corrected chi connectivity index (χ1v) is 8.90. The zero-order valence-electron chi connectivity index (χ0n) is 15.2. The summed E-state index contributed by atoms with van der Waals surface area (Å²) in [6.07, 6.45) is 1.61. The molecule has 0 aromatic heterocycles. The van der Waals surface area contributed by atoms with Crippen molar-refractivity contribution in [3.05, 3.63) is 29.6 Å². The van der Waals surface area contributed by atoms with Crippen molar-refractivity contribution < 1.29 is 23.8 Å². The molecule has 0 aliphatic carbocycles. The minimum Gasteiger partial charge on any atom is -0.494 e. The third kappa shape index (κ3) is 3.67. The van der Waals surface area contributed by atoms with E-state index in [1.54, 1.807) is 9.80 Å². The maximum atomic E-state index is 13.5. The first-order valence-electron chi connectivity index (χ1n) is 8.90. The predicted octanol–water partition coefficient (Wildman–Crippen LogP) is 1.67. The summed E-state index contributed by atoms with van der Waals surface area (Å²) in [6, 6.07) is 4.12. The fourth-order valence-electron chi connectivity index (χ4n) is 4.11. The van der Waals surface area contributed by atoms with E-state index in [4.69, 9.17) is 4.74 Å². The highest BCUT2D eigenvalue weighted by atomic mass is 19.1. The van der Waals surface area contributed by atoms with Gasteiger partial charge in [-0.1, -0.05) is 0 Å². The van der Waals surface area contributed by atoms with Crippen LogP contribution in [0.15, 0.2) is 18.2 Å². The van der Waals surface area contributed by atoms with E-state index in [0.717, 1.165) is 12.8 Å². The number of hydrogen-bond acceptors (Lipinski definition) is 4. The van der Waals surface area contributed by atoms with E-state index >= 15 is 0 Å². The van der Waals surface area contributed by atoms with Gasteiger partial charge < -0.3 is 19.6 Å². The van der Waals surface area contributed by atoms with Crippen LogP contribution in [0.25, 0.3) is 0 Å². The number of methoxy groups -OCH3 is 1. The molecule has 0 saturated carbocycles. The summed E-state index contributed by atoms with van der Waals surface area (Å²) in [7, 11) is 1.37. The van der Waals surface area contributed by atoms with Gasteiger partial charge in [-0.25, -0.2) is 4.39 Å². The molecule has 1 N–H and O–H groups in total. The van der Waals surface area contributed by atoms with Crippen LogP contribution in [0.3, 0.4) is 0 Å². The zero-order valence-corrected chi connectivity index (χ0v) is 15.2. The summed E-state index contributed by atoms with van der Waals surface area (Å²) in [5, 5.41) is 10.2. The summed E-state index contributed by atoms with van der Waals surface area (Å²) < 4.78 is 18.5. The molecular weight excluding hydrogens is 339 g/mol. The topological polar surface area (TPSA) is 70.1 Å². The Hall–Kier alpha value is -2.15. The molecule has 2 fully saturated rings. The summed E-state index contributed by atoms with van der Waals surface area (Å²) in [5.41, 5.74) is 0.258. The lowest BCUT2D eigenvalue weighted by Crippen LogP contribution is -2.55. The van der Waals surface area contributed by atoms with Crippen molar-refractivity contribution in [3.8, 4) is 5.75 Å². The average molecular weight is 364 g/mol. The number of rotatable bonds is 2. The van der Waals surface area contributed by atoms with Crippen LogP contribution >= 0.6 is 0 Å². The molecule has 2 heterocycles. The first kappa shape index (κ1) is 18.6.